The highest BCUT2D eigenvalue weighted by Gasteiger charge is 2.19. The normalized spacial score (nSPS) is 13.2. The van der Waals surface area contributed by atoms with Crippen LogP contribution in [0.25, 0.3) is 0 Å². The van der Waals surface area contributed by atoms with Crippen LogP contribution in [0.1, 0.15) is 34.3 Å². The first-order valence-electron chi connectivity index (χ1n) is 9.92. The molecule has 0 bridgehead atoms. The Hall–Kier alpha value is -2.87. The van der Waals surface area contributed by atoms with E-state index in [9.17, 15) is 14.4 Å². The van der Waals surface area contributed by atoms with Crippen molar-refractivity contribution in [3.05, 3.63) is 69.7 Å². The molecule has 3 N–H and O–H groups in total. The summed E-state index contributed by atoms with van der Waals surface area (Å²) in [7, 11) is 0. The van der Waals surface area contributed by atoms with Gasteiger partial charge in [-0.1, -0.05) is 40.2 Å². The lowest BCUT2D eigenvalue weighted by Crippen LogP contribution is -2.40. The SMILES string of the molecule is O=C(NCCNC(=O)c1ccc(Br)cc1)NCc1cccc(CN2CCCC2=O)c1. The molecule has 0 aliphatic carbocycles. The molecule has 7 nitrogen and oxygen atoms in total. The Morgan fingerprint density at radius 2 is 1.70 bits per heavy atom. The van der Waals surface area contributed by atoms with Gasteiger partial charge in [-0.3, -0.25) is 9.59 Å². The van der Waals surface area contributed by atoms with E-state index in [0.717, 1.165) is 28.6 Å². The number of benzene rings is 2. The number of amides is 4. The summed E-state index contributed by atoms with van der Waals surface area (Å²) in [6.45, 7) is 2.46. The molecule has 0 atom stereocenters. The third-order valence-corrected chi connectivity index (χ3v) is 5.32. The first-order valence-corrected chi connectivity index (χ1v) is 10.7. The average Bonchev–Trinajstić information content (AvgIpc) is 3.14. The second kappa shape index (κ2) is 10.8. The fourth-order valence-corrected chi connectivity index (χ4v) is 3.49. The lowest BCUT2D eigenvalue weighted by atomic mass is 10.1. The predicted octanol–water partition coefficient (Wildman–Crippen LogP) is 2.80. The zero-order chi connectivity index (χ0) is 21.3. The number of carbonyl (C=O) groups is 3. The summed E-state index contributed by atoms with van der Waals surface area (Å²) in [5.74, 6) is 0.0168. The zero-order valence-corrected chi connectivity index (χ0v) is 18.2. The van der Waals surface area contributed by atoms with Gasteiger partial charge in [0, 0.05) is 49.2 Å². The number of carbonyl (C=O) groups excluding carboxylic acids is 3. The van der Waals surface area contributed by atoms with E-state index in [0.29, 0.717) is 38.2 Å². The van der Waals surface area contributed by atoms with E-state index in [1.807, 2.05) is 29.2 Å². The van der Waals surface area contributed by atoms with Crippen LogP contribution in [0.2, 0.25) is 0 Å². The molecular formula is C22H25BrN4O3. The Kier molecular flexibility index (Phi) is 7.84. The van der Waals surface area contributed by atoms with Gasteiger partial charge in [-0.2, -0.15) is 0 Å². The minimum atomic E-state index is -0.298. The van der Waals surface area contributed by atoms with Crippen molar-refractivity contribution in [3.8, 4) is 0 Å². The molecule has 8 heteroatoms. The van der Waals surface area contributed by atoms with Gasteiger partial charge in [0.25, 0.3) is 5.91 Å². The number of likely N-dealkylation sites (tertiary alicyclic amines) is 1. The van der Waals surface area contributed by atoms with Gasteiger partial charge in [0.2, 0.25) is 5.91 Å². The minimum Gasteiger partial charge on any atom is -0.350 e. The third kappa shape index (κ3) is 6.59. The lowest BCUT2D eigenvalue weighted by molar-refractivity contribution is -0.128. The summed E-state index contributed by atoms with van der Waals surface area (Å²) in [6, 6.07) is 14.6. The molecule has 1 fully saturated rings. The molecule has 2 aromatic carbocycles. The van der Waals surface area contributed by atoms with Crippen molar-refractivity contribution < 1.29 is 14.4 Å². The molecule has 4 amide bonds. The van der Waals surface area contributed by atoms with Crippen molar-refractivity contribution >= 4 is 33.8 Å². The third-order valence-electron chi connectivity index (χ3n) is 4.79. The van der Waals surface area contributed by atoms with Crippen LogP contribution in [0, 0.1) is 0 Å². The largest absolute Gasteiger partial charge is 0.350 e. The Balaban J connectivity index is 1.35. The second-order valence-corrected chi connectivity index (χ2v) is 8.03. The Morgan fingerprint density at radius 1 is 0.967 bits per heavy atom. The van der Waals surface area contributed by atoms with Gasteiger partial charge in [-0.25, -0.2) is 4.79 Å². The van der Waals surface area contributed by atoms with Crippen LogP contribution in [0.15, 0.2) is 53.0 Å². The van der Waals surface area contributed by atoms with Gasteiger partial charge in [0.05, 0.1) is 0 Å². The number of nitrogens with one attached hydrogen (secondary N) is 3. The number of nitrogens with zero attached hydrogens (tertiary/aromatic N) is 1. The number of halogens is 1. The maximum atomic E-state index is 12.0. The van der Waals surface area contributed by atoms with Crippen molar-refractivity contribution in [2.24, 2.45) is 0 Å². The van der Waals surface area contributed by atoms with Crippen LogP contribution in [-0.2, 0) is 17.9 Å². The Morgan fingerprint density at radius 3 is 2.43 bits per heavy atom. The Bertz CT molecular complexity index is 902. The molecule has 0 spiro atoms. The fraction of sp³-hybridized carbons (Fsp3) is 0.318. The molecule has 1 heterocycles. The van der Waals surface area contributed by atoms with Gasteiger partial charge in [-0.15, -0.1) is 0 Å². The highest BCUT2D eigenvalue weighted by Crippen LogP contribution is 2.15. The summed E-state index contributed by atoms with van der Waals surface area (Å²) in [6.07, 6.45) is 1.55. The predicted molar refractivity (Wildman–Crippen MR) is 118 cm³/mol. The molecule has 1 aliphatic rings. The number of rotatable bonds is 8. The van der Waals surface area contributed by atoms with Crippen LogP contribution in [0.5, 0.6) is 0 Å². The van der Waals surface area contributed by atoms with Crippen LogP contribution in [0.3, 0.4) is 0 Å². The van der Waals surface area contributed by atoms with E-state index in [2.05, 4.69) is 31.9 Å². The smallest absolute Gasteiger partial charge is 0.315 e. The van der Waals surface area contributed by atoms with Gasteiger partial charge < -0.3 is 20.9 Å². The zero-order valence-electron chi connectivity index (χ0n) is 16.6. The van der Waals surface area contributed by atoms with Crippen molar-refractivity contribution in [3.63, 3.8) is 0 Å². The summed E-state index contributed by atoms with van der Waals surface area (Å²) in [5, 5.41) is 8.29. The molecule has 2 aromatic rings. The summed E-state index contributed by atoms with van der Waals surface area (Å²) in [5.41, 5.74) is 2.59. The summed E-state index contributed by atoms with van der Waals surface area (Å²) >= 11 is 3.33. The topological polar surface area (TPSA) is 90.5 Å². The number of hydrogen-bond acceptors (Lipinski definition) is 3. The van der Waals surface area contributed by atoms with Crippen molar-refractivity contribution in [1.29, 1.82) is 0 Å². The molecule has 0 aromatic heterocycles. The molecule has 0 saturated carbocycles. The summed E-state index contributed by atoms with van der Waals surface area (Å²) in [4.78, 5) is 37.6. The molecule has 1 aliphatic heterocycles. The van der Waals surface area contributed by atoms with Crippen LogP contribution in [-0.4, -0.2) is 42.4 Å². The molecule has 158 valence electrons. The lowest BCUT2D eigenvalue weighted by Gasteiger charge is -2.16. The van der Waals surface area contributed by atoms with Crippen molar-refractivity contribution in [2.45, 2.75) is 25.9 Å². The number of hydrogen-bond donors (Lipinski definition) is 3. The summed E-state index contributed by atoms with van der Waals surface area (Å²) < 4.78 is 0.910. The molecule has 0 radical (unpaired) electrons. The van der Waals surface area contributed by atoms with Crippen LogP contribution >= 0.6 is 15.9 Å². The molecular weight excluding hydrogens is 448 g/mol. The van der Waals surface area contributed by atoms with Gasteiger partial charge in [0.1, 0.15) is 0 Å². The first kappa shape index (κ1) is 21.8. The monoisotopic (exact) mass is 472 g/mol. The molecule has 30 heavy (non-hydrogen) atoms. The quantitative estimate of drug-likeness (QED) is 0.515. The van der Waals surface area contributed by atoms with E-state index in [1.54, 1.807) is 24.3 Å². The van der Waals surface area contributed by atoms with Crippen LogP contribution < -0.4 is 16.0 Å². The van der Waals surface area contributed by atoms with E-state index < -0.39 is 0 Å². The van der Waals surface area contributed by atoms with Crippen LogP contribution in [0.4, 0.5) is 4.79 Å². The molecule has 0 unspecified atom stereocenters. The van der Waals surface area contributed by atoms with E-state index in [4.69, 9.17) is 0 Å². The average molecular weight is 473 g/mol. The first-order chi connectivity index (χ1) is 14.5. The van der Waals surface area contributed by atoms with E-state index in [1.165, 1.54) is 0 Å². The second-order valence-electron chi connectivity index (χ2n) is 7.11. The highest BCUT2D eigenvalue weighted by molar-refractivity contribution is 9.10. The molecule has 3 rings (SSSR count). The maximum Gasteiger partial charge on any atom is 0.315 e. The van der Waals surface area contributed by atoms with Crippen molar-refractivity contribution in [2.75, 3.05) is 19.6 Å². The standard InChI is InChI=1S/C22H25BrN4O3/c23-19-8-6-18(7-9-19)21(29)24-10-11-25-22(30)26-14-16-3-1-4-17(13-16)15-27-12-2-5-20(27)28/h1,3-4,6-9,13H,2,5,10-12,14-15H2,(H,24,29)(H2,25,26,30). The van der Waals surface area contributed by atoms with E-state index >= 15 is 0 Å². The van der Waals surface area contributed by atoms with E-state index in [-0.39, 0.29) is 17.8 Å². The van der Waals surface area contributed by atoms with Gasteiger partial charge in [0.15, 0.2) is 0 Å². The maximum absolute atomic E-state index is 12.0. The highest BCUT2D eigenvalue weighted by atomic mass is 79.9. The van der Waals surface area contributed by atoms with Gasteiger partial charge in [-0.05, 0) is 41.8 Å². The molecule has 1 saturated heterocycles. The van der Waals surface area contributed by atoms with Gasteiger partial charge >= 0.3 is 6.03 Å². The number of urea groups is 1. The Labute approximate surface area is 184 Å². The van der Waals surface area contributed by atoms with Crippen molar-refractivity contribution in [1.82, 2.24) is 20.9 Å². The fourth-order valence-electron chi connectivity index (χ4n) is 3.23. The minimum absolute atomic E-state index is 0.182.